The van der Waals surface area contributed by atoms with Crippen molar-refractivity contribution in [2.75, 3.05) is 32.0 Å². The van der Waals surface area contributed by atoms with Crippen LogP contribution in [0.25, 0.3) is 0 Å². The van der Waals surface area contributed by atoms with Crippen LogP contribution in [-0.4, -0.2) is 60.0 Å². The maximum absolute atomic E-state index is 14.3. The molecule has 0 radical (unpaired) electrons. The van der Waals surface area contributed by atoms with E-state index in [4.69, 9.17) is 0 Å². The van der Waals surface area contributed by atoms with Crippen molar-refractivity contribution < 1.29 is 14.0 Å². The molecule has 0 aromatic heterocycles. The van der Waals surface area contributed by atoms with Crippen molar-refractivity contribution in [1.82, 2.24) is 9.80 Å². The molecule has 1 heterocycles. The number of hydrogen-bond acceptors (Lipinski definition) is 4. The number of nitrogens with one attached hydrogen (secondary N) is 1. The molecule has 3 rings (SSSR count). The Bertz CT molecular complexity index is 848. The number of rotatable bonds is 6. The van der Waals surface area contributed by atoms with Gasteiger partial charge in [-0.3, -0.25) is 19.5 Å². The average Bonchev–Trinajstić information content (AvgIpc) is 3.27. The molecule has 7 heteroatoms. The molecule has 1 aliphatic heterocycles. The molecule has 2 amide bonds. The van der Waals surface area contributed by atoms with E-state index in [-0.39, 0.29) is 23.7 Å². The number of hydrogen-bond donors (Lipinski definition) is 1. The predicted octanol–water partition coefficient (Wildman–Crippen LogP) is 3.78. The van der Waals surface area contributed by atoms with Gasteiger partial charge < -0.3 is 10.2 Å². The third kappa shape index (κ3) is 5.50. The molecule has 6 nitrogen and oxygen atoms in total. The Morgan fingerprint density at radius 1 is 1.23 bits per heavy atom. The summed E-state index contributed by atoms with van der Waals surface area (Å²) in [6.45, 7) is 8.69. The van der Waals surface area contributed by atoms with E-state index in [1.54, 1.807) is 13.1 Å². The summed E-state index contributed by atoms with van der Waals surface area (Å²) < 4.78 is 14.3. The highest BCUT2D eigenvalue weighted by Gasteiger charge is 2.33. The summed E-state index contributed by atoms with van der Waals surface area (Å²) in [6.07, 6.45) is 4.88. The van der Waals surface area contributed by atoms with E-state index in [0.717, 1.165) is 49.9 Å². The first kappa shape index (κ1) is 23.4. The zero-order valence-electron chi connectivity index (χ0n) is 19.2. The van der Waals surface area contributed by atoms with Gasteiger partial charge in [-0.25, -0.2) is 4.39 Å². The standard InChI is InChI=1S/C24H35FN4O2/c1-5-21(26-4)23(30)27-22-13-20(25)12-19(17(22)3)15-28-10-11-29(16(2)14-28)24(31)18-8-6-7-9-18/h12-13,16,18H,5-11,14-15H2,1-4H3,(H,27,30). The number of benzene rings is 1. The minimum atomic E-state index is -0.370. The molecular weight excluding hydrogens is 395 g/mol. The Morgan fingerprint density at radius 2 is 1.94 bits per heavy atom. The van der Waals surface area contributed by atoms with Gasteiger partial charge in [0.2, 0.25) is 5.91 Å². The van der Waals surface area contributed by atoms with Crippen LogP contribution < -0.4 is 5.32 Å². The van der Waals surface area contributed by atoms with Crippen molar-refractivity contribution in [2.24, 2.45) is 10.9 Å². The molecule has 1 aromatic rings. The summed E-state index contributed by atoms with van der Waals surface area (Å²) in [4.78, 5) is 33.5. The normalized spacial score (nSPS) is 20.9. The molecule has 1 N–H and O–H groups in total. The number of carbonyl (C=O) groups is 2. The van der Waals surface area contributed by atoms with Gasteiger partial charge in [-0.2, -0.15) is 0 Å². The van der Waals surface area contributed by atoms with Crippen molar-refractivity contribution >= 4 is 23.2 Å². The Labute approximate surface area is 184 Å². The fourth-order valence-electron chi connectivity index (χ4n) is 4.80. The number of piperazine rings is 1. The second-order valence-electron chi connectivity index (χ2n) is 8.81. The summed E-state index contributed by atoms with van der Waals surface area (Å²) in [5, 5.41) is 2.81. The van der Waals surface area contributed by atoms with Gasteiger partial charge >= 0.3 is 0 Å². The summed E-state index contributed by atoms with van der Waals surface area (Å²) in [6, 6.07) is 3.05. The summed E-state index contributed by atoms with van der Waals surface area (Å²) >= 11 is 0. The fraction of sp³-hybridized carbons (Fsp3) is 0.625. The van der Waals surface area contributed by atoms with Crippen LogP contribution in [0.3, 0.4) is 0 Å². The third-order valence-corrected chi connectivity index (χ3v) is 6.69. The van der Waals surface area contributed by atoms with Gasteiger partial charge in [0.1, 0.15) is 5.82 Å². The molecule has 1 unspecified atom stereocenters. The number of amides is 2. The third-order valence-electron chi connectivity index (χ3n) is 6.69. The van der Waals surface area contributed by atoms with E-state index >= 15 is 0 Å². The lowest BCUT2D eigenvalue weighted by atomic mass is 10.0. The SMILES string of the molecule is CCC(=NC)C(=O)Nc1cc(F)cc(CN2CCN(C(=O)C3CCCC3)C(C)C2)c1C. The van der Waals surface area contributed by atoms with Crippen LogP contribution in [0.2, 0.25) is 0 Å². The summed E-state index contributed by atoms with van der Waals surface area (Å²) in [7, 11) is 1.58. The van der Waals surface area contributed by atoms with E-state index in [1.165, 1.54) is 6.07 Å². The predicted molar refractivity (Wildman–Crippen MR) is 122 cm³/mol. The lowest BCUT2D eigenvalue weighted by Gasteiger charge is -2.41. The van der Waals surface area contributed by atoms with Crippen LogP contribution in [0.4, 0.5) is 10.1 Å². The number of carbonyl (C=O) groups excluding carboxylic acids is 2. The molecule has 1 atom stereocenters. The molecule has 0 bridgehead atoms. The molecule has 1 aromatic carbocycles. The van der Waals surface area contributed by atoms with Crippen LogP contribution in [-0.2, 0) is 16.1 Å². The van der Waals surface area contributed by atoms with Gasteiger partial charge in [-0.15, -0.1) is 0 Å². The van der Waals surface area contributed by atoms with Crippen LogP contribution in [0.1, 0.15) is 57.1 Å². The van der Waals surface area contributed by atoms with Crippen LogP contribution in [0, 0.1) is 18.7 Å². The van der Waals surface area contributed by atoms with E-state index in [1.807, 2.05) is 18.7 Å². The first-order chi connectivity index (χ1) is 14.8. The number of halogens is 1. The van der Waals surface area contributed by atoms with Crippen molar-refractivity contribution in [3.05, 3.63) is 29.1 Å². The van der Waals surface area contributed by atoms with Gasteiger partial charge in [0.25, 0.3) is 5.91 Å². The smallest absolute Gasteiger partial charge is 0.269 e. The second-order valence-corrected chi connectivity index (χ2v) is 8.81. The quantitative estimate of drug-likeness (QED) is 0.699. The number of aliphatic imine (C=N–C) groups is 1. The average molecular weight is 431 g/mol. The first-order valence-electron chi connectivity index (χ1n) is 11.4. The van der Waals surface area contributed by atoms with Gasteiger partial charge in [0.05, 0.1) is 5.71 Å². The number of anilines is 1. The van der Waals surface area contributed by atoms with E-state index < -0.39 is 0 Å². The monoisotopic (exact) mass is 430 g/mol. The molecule has 1 saturated carbocycles. The zero-order valence-corrected chi connectivity index (χ0v) is 19.2. The molecule has 2 fully saturated rings. The lowest BCUT2D eigenvalue weighted by Crippen LogP contribution is -2.54. The Hall–Kier alpha value is -2.28. The maximum Gasteiger partial charge on any atom is 0.269 e. The first-order valence-corrected chi connectivity index (χ1v) is 11.4. The van der Waals surface area contributed by atoms with Crippen molar-refractivity contribution in [3.8, 4) is 0 Å². The maximum atomic E-state index is 14.3. The van der Waals surface area contributed by atoms with E-state index in [9.17, 15) is 14.0 Å². The molecule has 170 valence electrons. The Balaban J connectivity index is 1.67. The minimum absolute atomic E-state index is 0.141. The van der Waals surface area contributed by atoms with Gasteiger partial charge in [-0.1, -0.05) is 19.8 Å². The Kier molecular flexibility index (Phi) is 7.81. The topological polar surface area (TPSA) is 65.0 Å². The van der Waals surface area contributed by atoms with Crippen LogP contribution >= 0.6 is 0 Å². The lowest BCUT2D eigenvalue weighted by molar-refractivity contribution is -0.140. The second kappa shape index (κ2) is 10.4. The largest absolute Gasteiger partial charge is 0.337 e. The number of nitrogens with zero attached hydrogens (tertiary/aromatic N) is 3. The molecule has 0 spiro atoms. The Morgan fingerprint density at radius 3 is 2.55 bits per heavy atom. The van der Waals surface area contributed by atoms with Gasteiger partial charge in [-0.05, 0) is 56.4 Å². The molecule has 1 saturated heterocycles. The molecular formula is C24H35FN4O2. The highest BCUT2D eigenvalue weighted by atomic mass is 19.1. The highest BCUT2D eigenvalue weighted by molar-refractivity contribution is 6.43. The van der Waals surface area contributed by atoms with Crippen molar-refractivity contribution in [3.63, 3.8) is 0 Å². The fourth-order valence-corrected chi connectivity index (χ4v) is 4.80. The van der Waals surface area contributed by atoms with Crippen molar-refractivity contribution in [2.45, 2.75) is 65.5 Å². The van der Waals surface area contributed by atoms with Crippen LogP contribution in [0.5, 0.6) is 0 Å². The van der Waals surface area contributed by atoms with E-state index in [2.05, 4.69) is 22.1 Å². The highest BCUT2D eigenvalue weighted by Crippen LogP contribution is 2.29. The van der Waals surface area contributed by atoms with Crippen molar-refractivity contribution in [1.29, 1.82) is 0 Å². The molecule has 31 heavy (non-hydrogen) atoms. The van der Waals surface area contributed by atoms with Gasteiger partial charge in [0.15, 0.2) is 0 Å². The summed E-state index contributed by atoms with van der Waals surface area (Å²) in [5.41, 5.74) is 2.63. The van der Waals surface area contributed by atoms with Crippen LogP contribution in [0.15, 0.2) is 17.1 Å². The minimum Gasteiger partial charge on any atom is -0.337 e. The van der Waals surface area contributed by atoms with Gasteiger partial charge in [0, 0.05) is 50.9 Å². The molecule has 1 aliphatic carbocycles. The molecule has 2 aliphatic rings. The van der Waals surface area contributed by atoms with E-state index in [0.29, 0.717) is 36.8 Å². The zero-order chi connectivity index (χ0) is 22.5. The summed E-state index contributed by atoms with van der Waals surface area (Å²) in [5.74, 6) is -0.158.